The number of carbonyl (C=O) groups is 2. The van der Waals surface area contributed by atoms with Gasteiger partial charge in [0, 0.05) is 31.6 Å². The summed E-state index contributed by atoms with van der Waals surface area (Å²) in [6.45, 7) is 2.79. The zero-order valence-corrected chi connectivity index (χ0v) is 19.4. The number of ether oxygens (including phenoxy) is 2. The fourth-order valence-electron chi connectivity index (χ4n) is 3.35. The Balaban J connectivity index is 1.77. The molecule has 7 heteroatoms. The van der Waals surface area contributed by atoms with Gasteiger partial charge in [0.25, 0.3) is 5.91 Å². The molecule has 2 N–H and O–H groups in total. The first-order valence-electron chi connectivity index (χ1n) is 11.0. The summed E-state index contributed by atoms with van der Waals surface area (Å²) in [6.07, 6.45) is 7.70. The number of aryl methyl sites for hydroxylation is 1. The Bertz CT molecular complexity index is 1130. The highest BCUT2D eigenvalue weighted by molar-refractivity contribution is 5.91. The quantitative estimate of drug-likeness (QED) is 0.441. The van der Waals surface area contributed by atoms with Gasteiger partial charge in [-0.3, -0.25) is 14.6 Å². The number of primary amides is 1. The van der Waals surface area contributed by atoms with Crippen LogP contribution in [0.3, 0.4) is 0 Å². The van der Waals surface area contributed by atoms with Gasteiger partial charge in [0.15, 0.2) is 18.1 Å². The van der Waals surface area contributed by atoms with Crippen molar-refractivity contribution in [3.8, 4) is 11.5 Å². The highest BCUT2D eigenvalue weighted by atomic mass is 16.5. The normalized spacial score (nSPS) is 10.8. The lowest BCUT2D eigenvalue weighted by molar-refractivity contribution is -0.127. The van der Waals surface area contributed by atoms with Gasteiger partial charge in [-0.1, -0.05) is 43.3 Å². The van der Waals surface area contributed by atoms with Gasteiger partial charge < -0.3 is 20.1 Å². The first-order chi connectivity index (χ1) is 16.5. The van der Waals surface area contributed by atoms with Crippen molar-refractivity contribution in [1.29, 1.82) is 0 Å². The first-order valence-corrected chi connectivity index (χ1v) is 11.0. The molecule has 0 atom stereocenters. The Kier molecular flexibility index (Phi) is 8.80. The second-order valence-electron chi connectivity index (χ2n) is 7.72. The number of pyridine rings is 1. The van der Waals surface area contributed by atoms with Crippen molar-refractivity contribution >= 4 is 17.9 Å². The van der Waals surface area contributed by atoms with Crippen LogP contribution in [0.25, 0.3) is 6.08 Å². The number of nitrogens with two attached hydrogens (primary N) is 1. The Morgan fingerprint density at radius 1 is 1.00 bits per heavy atom. The van der Waals surface area contributed by atoms with Gasteiger partial charge >= 0.3 is 0 Å². The number of hydrogen-bond acceptors (Lipinski definition) is 5. The fraction of sp³-hybridized carbons (Fsp3) is 0.222. The van der Waals surface area contributed by atoms with Crippen LogP contribution in [0.5, 0.6) is 11.5 Å². The molecule has 0 saturated heterocycles. The van der Waals surface area contributed by atoms with E-state index in [1.54, 1.807) is 41.6 Å². The van der Waals surface area contributed by atoms with Crippen molar-refractivity contribution in [2.24, 2.45) is 5.73 Å². The van der Waals surface area contributed by atoms with Crippen molar-refractivity contribution in [1.82, 2.24) is 9.88 Å². The summed E-state index contributed by atoms with van der Waals surface area (Å²) in [4.78, 5) is 30.1. The Hall–Kier alpha value is -4.13. The highest BCUT2D eigenvalue weighted by Gasteiger charge is 2.13. The molecule has 0 fully saturated rings. The van der Waals surface area contributed by atoms with Gasteiger partial charge in [-0.05, 0) is 52.9 Å². The van der Waals surface area contributed by atoms with Crippen molar-refractivity contribution in [3.05, 3.63) is 95.3 Å². The first kappa shape index (κ1) is 24.5. The molecule has 0 radical (unpaired) electrons. The number of methoxy groups -OCH3 is 1. The number of benzene rings is 2. The zero-order valence-electron chi connectivity index (χ0n) is 19.4. The van der Waals surface area contributed by atoms with Crippen LogP contribution in [0.4, 0.5) is 0 Å². The average Bonchev–Trinajstić information content (AvgIpc) is 2.86. The molecule has 2 amide bonds. The monoisotopic (exact) mass is 459 g/mol. The predicted molar refractivity (Wildman–Crippen MR) is 131 cm³/mol. The lowest BCUT2D eigenvalue weighted by Gasteiger charge is -2.21. The van der Waals surface area contributed by atoms with E-state index in [1.165, 1.54) is 18.7 Å². The SMILES string of the molecule is CCc1ccc(CN(Cc2cccnc2)C(=O)/C=C/c2ccc(OCC(N)=O)c(OC)c2)cc1. The number of rotatable bonds is 11. The highest BCUT2D eigenvalue weighted by Crippen LogP contribution is 2.28. The molecule has 1 heterocycles. The van der Waals surface area contributed by atoms with E-state index in [0.717, 1.165) is 23.1 Å². The van der Waals surface area contributed by atoms with Crippen LogP contribution in [0.2, 0.25) is 0 Å². The lowest BCUT2D eigenvalue weighted by atomic mass is 10.1. The molecule has 1 aromatic heterocycles. The van der Waals surface area contributed by atoms with E-state index >= 15 is 0 Å². The summed E-state index contributed by atoms with van der Waals surface area (Å²) in [5.74, 6) is 0.142. The third kappa shape index (κ3) is 7.20. The smallest absolute Gasteiger partial charge is 0.255 e. The van der Waals surface area contributed by atoms with E-state index in [0.29, 0.717) is 24.6 Å². The van der Waals surface area contributed by atoms with E-state index in [2.05, 4.69) is 36.2 Å². The molecular formula is C27H29N3O4. The third-order valence-corrected chi connectivity index (χ3v) is 5.19. The molecule has 0 aliphatic heterocycles. The van der Waals surface area contributed by atoms with E-state index in [4.69, 9.17) is 15.2 Å². The van der Waals surface area contributed by atoms with E-state index in [9.17, 15) is 9.59 Å². The molecule has 0 bridgehead atoms. The van der Waals surface area contributed by atoms with Gasteiger partial charge in [0.2, 0.25) is 5.91 Å². The summed E-state index contributed by atoms with van der Waals surface area (Å²) in [5.41, 5.74) is 9.15. The second-order valence-corrected chi connectivity index (χ2v) is 7.72. The Labute approximate surface area is 199 Å². The van der Waals surface area contributed by atoms with Crippen molar-refractivity contribution in [2.75, 3.05) is 13.7 Å². The maximum Gasteiger partial charge on any atom is 0.255 e. The minimum Gasteiger partial charge on any atom is -0.493 e. The summed E-state index contributed by atoms with van der Waals surface area (Å²) in [7, 11) is 1.50. The van der Waals surface area contributed by atoms with Gasteiger partial charge in [0.05, 0.1) is 7.11 Å². The van der Waals surface area contributed by atoms with Crippen LogP contribution in [0.1, 0.15) is 29.2 Å². The van der Waals surface area contributed by atoms with E-state index in [-0.39, 0.29) is 12.5 Å². The minimum absolute atomic E-state index is 0.128. The standard InChI is InChI=1S/C27H29N3O4/c1-3-20-6-8-22(9-7-20)17-30(18-23-5-4-14-29-16-23)27(32)13-11-21-10-12-24(25(15-21)33-2)34-19-26(28)31/h4-16H,3,17-19H2,1-2H3,(H2,28,31)/b13-11+. The van der Waals surface area contributed by atoms with Gasteiger partial charge in [0.1, 0.15) is 0 Å². The lowest BCUT2D eigenvalue weighted by Crippen LogP contribution is -2.28. The molecule has 3 rings (SSSR count). The van der Waals surface area contributed by atoms with E-state index < -0.39 is 5.91 Å². The number of amides is 2. The summed E-state index contributed by atoms with van der Waals surface area (Å²) < 4.78 is 10.7. The largest absolute Gasteiger partial charge is 0.493 e. The molecule has 3 aromatic rings. The molecule has 0 unspecified atom stereocenters. The molecular weight excluding hydrogens is 430 g/mol. The van der Waals surface area contributed by atoms with Crippen LogP contribution in [0.15, 0.2) is 73.1 Å². The summed E-state index contributed by atoms with van der Waals surface area (Å²) in [6, 6.07) is 17.3. The Morgan fingerprint density at radius 3 is 2.38 bits per heavy atom. The number of carbonyl (C=O) groups excluding carboxylic acids is 2. The van der Waals surface area contributed by atoms with Gasteiger partial charge in [-0.2, -0.15) is 0 Å². The molecule has 0 aliphatic carbocycles. The fourth-order valence-corrected chi connectivity index (χ4v) is 3.35. The van der Waals surface area contributed by atoms with Crippen LogP contribution >= 0.6 is 0 Å². The average molecular weight is 460 g/mol. The van der Waals surface area contributed by atoms with Gasteiger partial charge in [-0.15, -0.1) is 0 Å². The van der Waals surface area contributed by atoms with Crippen LogP contribution < -0.4 is 15.2 Å². The maximum atomic E-state index is 13.2. The van der Waals surface area contributed by atoms with Gasteiger partial charge in [-0.25, -0.2) is 0 Å². The molecule has 7 nitrogen and oxygen atoms in total. The minimum atomic E-state index is -0.574. The van der Waals surface area contributed by atoms with Crippen LogP contribution in [-0.4, -0.2) is 35.4 Å². The molecule has 2 aromatic carbocycles. The van der Waals surface area contributed by atoms with Crippen molar-refractivity contribution in [3.63, 3.8) is 0 Å². The summed E-state index contributed by atoms with van der Waals surface area (Å²) in [5, 5.41) is 0. The number of hydrogen-bond donors (Lipinski definition) is 1. The van der Waals surface area contributed by atoms with E-state index in [1.807, 2.05) is 12.1 Å². The molecule has 176 valence electrons. The third-order valence-electron chi connectivity index (χ3n) is 5.19. The molecule has 0 spiro atoms. The predicted octanol–water partition coefficient (Wildman–Crippen LogP) is 3.76. The second kappa shape index (κ2) is 12.2. The molecule has 34 heavy (non-hydrogen) atoms. The van der Waals surface area contributed by atoms with Crippen LogP contribution in [0, 0.1) is 0 Å². The summed E-state index contributed by atoms with van der Waals surface area (Å²) >= 11 is 0. The molecule has 0 aliphatic rings. The van der Waals surface area contributed by atoms with Crippen LogP contribution in [-0.2, 0) is 29.1 Å². The zero-order chi connectivity index (χ0) is 24.3. The Morgan fingerprint density at radius 2 is 1.74 bits per heavy atom. The topological polar surface area (TPSA) is 94.8 Å². The van der Waals surface area contributed by atoms with Crippen molar-refractivity contribution < 1.29 is 19.1 Å². The van der Waals surface area contributed by atoms with Crippen molar-refractivity contribution in [2.45, 2.75) is 26.4 Å². The number of aromatic nitrogens is 1. The molecule has 0 saturated carbocycles. The number of nitrogens with zero attached hydrogens (tertiary/aromatic N) is 2. The maximum absolute atomic E-state index is 13.2.